The van der Waals surface area contributed by atoms with Gasteiger partial charge in [0.2, 0.25) is 0 Å². The van der Waals surface area contributed by atoms with Gasteiger partial charge in [-0.15, -0.1) is 0 Å². The number of hydrogen-bond donors (Lipinski definition) is 0. The zero-order valence-corrected chi connectivity index (χ0v) is 18.5. The molecular formula is C24H24F3NO5. The molecule has 176 valence electrons. The van der Waals surface area contributed by atoms with Crippen LogP contribution in [0.4, 0.5) is 18.9 Å². The summed E-state index contributed by atoms with van der Waals surface area (Å²) in [6.45, 7) is 5.51. The third kappa shape index (κ3) is 5.18. The van der Waals surface area contributed by atoms with Crippen LogP contribution in [0.15, 0.2) is 39.5 Å². The van der Waals surface area contributed by atoms with E-state index in [0.29, 0.717) is 29.0 Å². The normalized spacial score (nSPS) is 11.7. The van der Waals surface area contributed by atoms with E-state index in [0.717, 1.165) is 43.4 Å². The molecule has 3 aromatic rings. The van der Waals surface area contributed by atoms with Crippen LogP contribution in [0.25, 0.3) is 11.0 Å². The van der Waals surface area contributed by atoms with Gasteiger partial charge in [0.05, 0.1) is 4.92 Å². The Bertz CT molecular complexity index is 1250. The van der Waals surface area contributed by atoms with Crippen LogP contribution in [-0.2, 0) is 12.6 Å². The Balaban J connectivity index is 2.02. The van der Waals surface area contributed by atoms with Crippen molar-refractivity contribution in [3.8, 4) is 11.5 Å². The lowest BCUT2D eigenvalue weighted by atomic mass is 9.99. The lowest BCUT2D eigenvalue weighted by molar-refractivity contribution is -0.385. The number of aryl methyl sites for hydroxylation is 2. The molecule has 0 aliphatic heterocycles. The fourth-order valence-electron chi connectivity index (χ4n) is 3.76. The van der Waals surface area contributed by atoms with E-state index in [4.69, 9.17) is 9.15 Å². The maximum absolute atomic E-state index is 13.5. The molecule has 0 atom stereocenters. The second-order valence-corrected chi connectivity index (χ2v) is 7.91. The highest BCUT2D eigenvalue weighted by molar-refractivity contribution is 5.85. The number of unbranched alkanes of at least 4 members (excludes halogenated alkanes) is 3. The quantitative estimate of drug-likeness (QED) is 0.152. The van der Waals surface area contributed by atoms with Crippen molar-refractivity contribution < 1.29 is 27.2 Å². The van der Waals surface area contributed by atoms with Crippen molar-refractivity contribution in [2.75, 3.05) is 0 Å². The Morgan fingerprint density at radius 1 is 1.03 bits per heavy atom. The van der Waals surface area contributed by atoms with Crippen molar-refractivity contribution in [1.29, 1.82) is 0 Å². The molecule has 6 nitrogen and oxygen atoms in total. The highest BCUT2D eigenvalue weighted by Gasteiger charge is 2.36. The van der Waals surface area contributed by atoms with Gasteiger partial charge in [0.1, 0.15) is 22.6 Å². The van der Waals surface area contributed by atoms with Crippen LogP contribution >= 0.6 is 0 Å². The number of rotatable bonds is 8. The fourth-order valence-corrected chi connectivity index (χ4v) is 3.76. The summed E-state index contributed by atoms with van der Waals surface area (Å²) in [4.78, 5) is 22.6. The van der Waals surface area contributed by atoms with Gasteiger partial charge in [0, 0.05) is 28.6 Å². The Kier molecular flexibility index (Phi) is 7.09. The number of benzene rings is 2. The number of ether oxygens (including phenoxy) is 1. The van der Waals surface area contributed by atoms with Crippen molar-refractivity contribution in [2.24, 2.45) is 0 Å². The second kappa shape index (κ2) is 9.64. The van der Waals surface area contributed by atoms with Crippen LogP contribution in [0.5, 0.6) is 11.5 Å². The monoisotopic (exact) mass is 463 g/mol. The van der Waals surface area contributed by atoms with Gasteiger partial charge < -0.3 is 9.15 Å². The SMILES string of the molecule is CCCCCCc1c(C)c2ccc(Oc3ccc([N+](=O)[O-])cc3C(F)(F)F)c(C)c2oc1=O. The lowest BCUT2D eigenvalue weighted by Crippen LogP contribution is -2.11. The van der Waals surface area contributed by atoms with Gasteiger partial charge in [0.25, 0.3) is 5.69 Å². The maximum Gasteiger partial charge on any atom is 0.420 e. The van der Waals surface area contributed by atoms with Gasteiger partial charge in [-0.05, 0) is 50.5 Å². The summed E-state index contributed by atoms with van der Waals surface area (Å²) in [5.74, 6) is -0.526. The number of hydrogen-bond acceptors (Lipinski definition) is 5. The first kappa shape index (κ1) is 24.3. The zero-order chi connectivity index (χ0) is 24.3. The number of nitrogens with zero attached hydrogens (tertiary/aromatic N) is 1. The predicted molar refractivity (Wildman–Crippen MR) is 118 cm³/mol. The van der Waals surface area contributed by atoms with Gasteiger partial charge >= 0.3 is 11.8 Å². The predicted octanol–water partition coefficient (Wildman–Crippen LogP) is 7.25. The number of alkyl halides is 3. The first-order chi connectivity index (χ1) is 15.5. The van der Waals surface area contributed by atoms with E-state index < -0.39 is 33.7 Å². The first-order valence-corrected chi connectivity index (χ1v) is 10.6. The molecule has 3 rings (SSSR count). The van der Waals surface area contributed by atoms with E-state index in [-0.39, 0.29) is 11.3 Å². The minimum atomic E-state index is -4.86. The van der Waals surface area contributed by atoms with Crippen molar-refractivity contribution in [1.82, 2.24) is 0 Å². The average Bonchev–Trinajstić information content (AvgIpc) is 2.74. The molecule has 0 spiro atoms. The molecule has 1 aromatic heterocycles. The summed E-state index contributed by atoms with van der Waals surface area (Å²) in [7, 11) is 0. The Morgan fingerprint density at radius 2 is 1.73 bits per heavy atom. The number of nitro benzene ring substituents is 1. The molecule has 0 saturated heterocycles. The average molecular weight is 463 g/mol. The maximum atomic E-state index is 13.5. The van der Waals surface area contributed by atoms with Crippen molar-refractivity contribution >= 4 is 16.7 Å². The van der Waals surface area contributed by atoms with E-state index in [2.05, 4.69) is 6.92 Å². The number of non-ortho nitro benzene ring substituents is 1. The molecule has 0 aliphatic carbocycles. The fraction of sp³-hybridized carbons (Fsp3) is 0.375. The third-order valence-corrected chi connectivity index (χ3v) is 5.63. The second-order valence-electron chi connectivity index (χ2n) is 7.91. The molecule has 0 aliphatic rings. The highest BCUT2D eigenvalue weighted by atomic mass is 19.4. The van der Waals surface area contributed by atoms with Crippen LogP contribution in [0.2, 0.25) is 0 Å². The van der Waals surface area contributed by atoms with Gasteiger partial charge in [-0.2, -0.15) is 13.2 Å². The molecule has 0 N–H and O–H groups in total. The molecule has 0 amide bonds. The molecular weight excluding hydrogens is 439 g/mol. The van der Waals surface area contributed by atoms with Crippen LogP contribution in [0, 0.1) is 24.0 Å². The van der Waals surface area contributed by atoms with Crippen molar-refractivity contribution in [2.45, 2.75) is 59.1 Å². The summed E-state index contributed by atoms with van der Waals surface area (Å²) in [6.07, 6.45) is -0.221. The lowest BCUT2D eigenvalue weighted by Gasteiger charge is -2.16. The minimum absolute atomic E-state index is 0.0556. The van der Waals surface area contributed by atoms with Gasteiger partial charge in [-0.1, -0.05) is 26.2 Å². The van der Waals surface area contributed by atoms with Crippen molar-refractivity contribution in [3.05, 3.63) is 73.1 Å². The number of nitro groups is 1. The molecule has 1 heterocycles. The molecule has 9 heteroatoms. The van der Waals surface area contributed by atoms with E-state index in [1.807, 2.05) is 6.92 Å². The molecule has 0 fully saturated rings. The molecule has 0 saturated carbocycles. The van der Waals surface area contributed by atoms with E-state index >= 15 is 0 Å². The van der Waals surface area contributed by atoms with E-state index in [1.54, 1.807) is 13.0 Å². The topological polar surface area (TPSA) is 82.6 Å². The summed E-state index contributed by atoms with van der Waals surface area (Å²) in [6, 6.07) is 5.43. The summed E-state index contributed by atoms with van der Waals surface area (Å²) < 4.78 is 51.5. The first-order valence-electron chi connectivity index (χ1n) is 10.6. The minimum Gasteiger partial charge on any atom is -0.456 e. The molecule has 33 heavy (non-hydrogen) atoms. The Labute approximate surface area is 188 Å². The largest absolute Gasteiger partial charge is 0.456 e. The van der Waals surface area contributed by atoms with Crippen LogP contribution < -0.4 is 10.4 Å². The summed E-state index contributed by atoms with van der Waals surface area (Å²) in [5, 5.41) is 11.6. The summed E-state index contributed by atoms with van der Waals surface area (Å²) >= 11 is 0. The Morgan fingerprint density at radius 3 is 2.36 bits per heavy atom. The van der Waals surface area contributed by atoms with Gasteiger partial charge in [-0.3, -0.25) is 10.1 Å². The Hall–Kier alpha value is -3.36. The van der Waals surface area contributed by atoms with Crippen LogP contribution in [0.1, 0.15) is 54.9 Å². The van der Waals surface area contributed by atoms with E-state index in [1.165, 1.54) is 6.07 Å². The zero-order valence-electron chi connectivity index (χ0n) is 18.5. The molecule has 0 unspecified atom stereocenters. The van der Waals surface area contributed by atoms with Crippen LogP contribution in [-0.4, -0.2) is 4.92 Å². The van der Waals surface area contributed by atoms with Crippen LogP contribution in [0.3, 0.4) is 0 Å². The standard InChI is InChI=1S/C24H24F3NO5/c1-4-5-6-7-8-18-14(2)17-10-12-20(15(3)22(17)33-23(18)29)32-21-11-9-16(28(30)31)13-19(21)24(25,26)27/h9-13H,4-8H2,1-3H3. The molecule has 0 bridgehead atoms. The number of halogens is 3. The summed E-state index contributed by atoms with van der Waals surface area (Å²) in [5.41, 5.74) is -0.461. The molecule has 2 aromatic carbocycles. The molecule has 0 radical (unpaired) electrons. The smallest absolute Gasteiger partial charge is 0.420 e. The third-order valence-electron chi connectivity index (χ3n) is 5.63. The van der Waals surface area contributed by atoms with E-state index in [9.17, 15) is 28.1 Å². The number of fused-ring (bicyclic) bond motifs is 1. The van der Waals surface area contributed by atoms with Gasteiger partial charge in [0.15, 0.2) is 0 Å². The van der Waals surface area contributed by atoms with Gasteiger partial charge in [-0.25, -0.2) is 4.79 Å². The van der Waals surface area contributed by atoms with Crippen molar-refractivity contribution in [3.63, 3.8) is 0 Å². The highest BCUT2D eigenvalue weighted by Crippen LogP contribution is 2.41.